The van der Waals surface area contributed by atoms with Gasteiger partial charge in [-0.25, -0.2) is 4.79 Å². The van der Waals surface area contributed by atoms with Gasteiger partial charge in [-0.05, 0) is 77.1 Å². The Kier molecular flexibility index (Phi) is 10.7. The molecule has 2 unspecified atom stereocenters. The van der Waals surface area contributed by atoms with Gasteiger partial charge in [-0.3, -0.25) is 14.4 Å². The van der Waals surface area contributed by atoms with Crippen LogP contribution in [0.5, 0.6) is 5.75 Å². The van der Waals surface area contributed by atoms with Crippen LogP contribution < -0.4 is 10.6 Å². The van der Waals surface area contributed by atoms with Crippen LogP contribution >= 0.6 is 0 Å². The largest absolute Gasteiger partial charge is 0.508 e. The molecule has 1 aliphatic rings. The highest BCUT2D eigenvalue weighted by molar-refractivity contribution is 5.92. The van der Waals surface area contributed by atoms with Crippen molar-refractivity contribution in [2.45, 2.75) is 84.0 Å². The second kappa shape index (κ2) is 13.3. The zero-order chi connectivity index (χ0) is 27.8. The molecule has 1 aliphatic carbocycles. The second-order valence-electron chi connectivity index (χ2n) is 10.0. The van der Waals surface area contributed by atoms with Crippen molar-refractivity contribution in [1.82, 2.24) is 15.5 Å². The van der Waals surface area contributed by atoms with E-state index < -0.39 is 48.2 Å². The Balaban J connectivity index is 2.38. The highest BCUT2D eigenvalue weighted by atomic mass is 16.6. The maximum Gasteiger partial charge on any atom is 0.408 e. The number of alkyl carbamates (subject to hydrolysis) is 1. The molecule has 1 saturated carbocycles. The van der Waals surface area contributed by atoms with Crippen molar-refractivity contribution in [3.05, 3.63) is 29.3 Å². The van der Waals surface area contributed by atoms with Crippen LogP contribution in [0.1, 0.15) is 70.5 Å². The highest BCUT2D eigenvalue weighted by Gasteiger charge is 2.42. The molecule has 0 heterocycles. The normalized spacial score (nSPS) is 15.1. The molecule has 0 spiro atoms. The zero-order valence-corrected chi connectivity index (χ0v) is 22.2. The van der Waals surface area contributed by atoms with Crippen molar-refractivity contribution in [1.29, 1.82) is 0 Å². The molecule has 0 radical (unpaired) electrons. The summed E-state index contributed by atoms with van der Waals surface area (Å²) in [4.78, 5) is 52.7. The molecule has 37 heavy (non-hydrogen) atoms. The minimum Gasteiger partial charge on any atom is -0.508 e. The van der Waals surface area contributed by atoms with E-state index in [0.717, 1.165) is 6.42 Å². The first-order valence-electron chi connectivity index (χ1n) is 12.5. The molecule has 0 aliphatic heterocycles. The summed E-state index contributed by atoms with van der Waals surface area (Å²) in [6.07, 6.45) is 1.21. The summed E-state index contributed by atoms with van der Waals surface area (Å²) in [6, 6.07) is 1.81. The van der Waals surface area contributed by atoms with Gasteiger partial charge < -0.3 is 35.2 Å². The number of rotatable bonds is 11. The summed E-state index contributed by atoms with van der Waals surface area (Å²) >= 11 is 0. The van der Waals surface area contributed by atoms with Gasteiger partial charge in [0.2, 0.25) is 11.8 Å². The van der Waals surface area contributed by atoms with E-state index in [1.54, 1.807) is 46.8 Å². The van der Waals surface area contributed by atoms with Gasteiger partial charge in [0.1, 0.15) is 23.4 Å². The molecule has 1 aromatic rings. The lowest BCUT2D eigenvalue weighted by Crippen LogP contribution is -2.58. The third-order valence-electron chi connectivity index (χ3n) is 5.89. The Labute approximate surface area is 217 Å². The molecule has 206 valence electrons. The maximum atomic E-state index is 13.7. The average Bonchev–Trinajstić information content (AvgIpc) is 2.76. The monoisotopic (exact) mass is 521 g/mol. The fourth-order valence-corrected chi connectivity index (χ4v) is 3.90. The Bertz CT molecular complexity index is 971. The van der Waals surface area contributed by atoms with Crippen molar-refractivity contribution >= 4 is 23.9 Å². The van der Waals surface area contributed by atoms with E-state index >= 15 is 0 Å². The van der Waals surface area contributed by atoms with E-state index in [9.17, 15) is 29.4 Å². The Morgan fingerprint density at radius 2 is 1.86 bits per heavy atom. The van der Waals surface area contributed by atoms with E-state index in [1.165, 1.54) is 11.0 Å². The quantitative estimate of drug-likeness (QED) is 0.323. The van der Waals surface area contributed by atoms with Gasteiger partial charge in [0.05, 0.1) is 19.6 Å². The van der Waals surface area contributed by atoms with Crippen LogP contribution in [0.25, 0.3) is 0 Å². The smallest absolute Gasteiger partial charge is 0.408 e. The number of carbonyl (C=O) groups excluding carboxylic acids is 4. The molecule has 3 amide bonds. The summed E-state index contributed by atoms with van der Waals surface area (Å²) in [7, 11) is 0. The predicted octanol–water partition coefficient (Wildman–Crippen LogP) is 2.08. The van der Waals surface area contributed by atoms with Gasteiger partial charge in [0, 0.05) is 12.6 Å². The number of hydrogen-bond acceptors (Lipinski definition) is 8. The lowest BCUT2D eigenvalue weighted by atomic mass is 9.88. The first kappa shape index (κ1) is 29.9. The van der Waals surface area contributed by atoms with E-state index in [4.69, 9.17) is 9.47 Å². The zero-order valence-electron chi connectivity index (χ0n) is 22.2. The lowest BCUT2D eigenvalue weighted by molar-refractivity contribution is -0.148. The number of aryl methyl sites for hydroxylation is 1. The first-order chi connectivity index (χ1) is 17.4. The van der Waals surface area contributed by atoms with Gasteiger partial charge in [-0.2, -0.15) is 0 Å². The molecule has 0 bridgehead atoms. The van der Waals surface area contributed by atoms with E-state index in [0.29, 0.717) is 24.0 Å². The van der Waals surface area contributed by atoms with Gasteiger partial charge in [0.25, 0.3) is 0 Å². The van der Waals surface area contributed by atoms with Crippen LogP contribution in [0.2, 0.25) is 0 Å². The number of amides is 3. The molecular weight excluding hydrogens is 482 g/mol. The Morgan fingerprint density at radius 3 is 2.38 bits per heavy atom. The molecule has 1 fully saturated rings. The number of hydrogen-bond donors (Lipinski definition) is 4. The minimum atomic E-state index is -1.34. The SMILES string of the molecule is CCOC(=O)CCNC(=O)C(c1ccc(O)c(C)c1)N(C(=O)C(CO)NC(=O)OC(C)(C)C)C1CCC1. The number of nitrogens with zero attached hydrogens (tertiary/aromatic N) is 1. The van der Waals surface area contributed by atoms with E-state index in [1.807, 2.05) is 0 Å². The number of benzene rings is 1. The fraction of sp³-hybridized carbons (Fsp3) is 0.615. The highest BCUT2D eigenvalue weighted by Crippen LogP contribution is 2.35. The summed E-state index contributed by atoms with van der Waals surface area (Å²) in [6.45, 7) is 7.89. The number of phenolic OH excluding ortho intramolecular Hbond substituents is 1. The van der Waals surface area contributed by atoms with Crippen LogP contribution in [-0.2, 0) is 23.9 Å². The van der Waals surface area contributed by atoms with Crippen LogP contribution in [0, 0.1) is 6.92 Å². The summed E-state index contributed by atoms with van der Waals surface area (Å²) < 4.78 is 10.1. The molecule has 11 heteroatoms. The topological polar surface area (TPSA) is 154 Å². The standard InChI is InChI=1S/C26H39N3O8/c1-6-36-21(32)12-13-27-23(33)22(17-10-11-20(31)16(2)14-17)29(18-8-7-9-18)24(34)19(15-30)28-25(35)37-26(3,4)5/h10-11,14,18-19,22,30-31H,6-9,12-13,15H2,1-5H3,(H,27,33)(H,28,35). The van der Waals surface area contributed by atoms with Crippen LogP contribution in [0.15, 0.2) is 18.2 Å². The summed E-state index contributed by atoms with van der Waals surface area (Å²) in [5.41, 5.74) is 0.137. The van der Waals surface area contributed by atoms with Gasteiger partial charge in [-0.1, -0.05) is 6.07 Å². The molecule has 2 rings (SSSR count). The van der Waals surface area contributed by atoms with E-state index in [-0.39, 0.29) is 31.4 Å². The average molecular weight is 522 g/mol. The van der Waals surface area contributed by atoms with E-state index in [2.05, 4.69) is 10.6 Å². The van der Waals surface area contributed by atoms with Crippen LogP contribution in [-0.4, -0.2) is 76.4 Å². The number of ether oxygens (including phenoxy) is 2. The van der Waals surface area contributed by atoms with Gasteiger partial charge >= 0.3 is 12.1 Å². The maximum absolute atomic E-state index is 13.7. The summed E-state index contributed by atoms with van der Waals surface area (Å²) in [5, 5.41) is 25.1. The van der Waals surface area contributed by atoms with Crippen LogP contribution in [0.4, 0.5) is 4.79 Å². The molecule has 1 aromatic carbocycles. The number of esters is 1. The number of carbonyl (C=O) groups is 4. The number of aliphatic hydroxyl groups is 1. The summed E-state index contributed by atoms with van der Waals surface area (Å²) in [5.74, 6) is -1.61. The number of aromatic hydroxyl groups is 1. The molecule has 4 N–H and O–H groups in total. The van der Waals surface area contributed by atoms with Gasteiger partial charge in [0.15, 0.2) is 0 Å². The molecule has 0 aromatic heterocycles. The third-order valence-corrected chi connectivity index (χ3v) is 5.89. The second-order valence-corrected chi connectivity index (χ2v) is 10.0. The minimum absolute atomic E-state index is 0.00246. The van der Waals surface area contributed by atoms with Crippen molar-refractivity contribution in [2.75, 3.05) is 19.8 Å². The third kappa shape index (κ3) is 8.63. The van der Waals surface area contributed by atoms with Crippen molar-refractivity contribution < 1.29 is 38.9 Å². The molecule has 0 saturated heterocycles. The lowest BCUT2D eigenvalue weighted by Gasteiger charge is -2.43. The number of nitrogens with one attached hydrogen (secondary N) is 2. The van der Waals surface area contributed by atoms with Crippen molar-refractivity contribution in [2.24, 2.45) is 0 Å². The molecular formula is C26H39N3O8. The van der Waals surface area contributed by atoms with Crippen molar-refractivity contribution in [3.63, 3.8) is 0 Å². The molecule has 2 atom stereocenters. The van der Waals surface area contributed by atoms with Crippen molar-refractivity contribution in [3.8, 4) is 5.75 Å². The Hall–Kier alpha value is -3.34. The fourth-order valence-electron chi connectivity index (χ4n) is 3.90. The first-order valence-corrected chi connectivity index (χ1v) is 12.5. The number of aliphatic hydroxyl groups excluding tert-OH is 1. The number of phenols is 1. The molecule has 11 nitrogen and oxygen atoms in total. The van der Waals surface area contributed by atoms with Gasteiger partial charge in [-0.15, -0.1) is 0 Å². The van der Waals surface area contributed by atoms with Crippen LogP contribution in [0.3, 0.4) is 0 Å². The predicted molar refractivity (Wildman–Crippen MR) is 135 cm³/mol. The Morgan fingerprint density at radius 1 is 1.19 bits per heavy atom.